The first kappa shape index (κ1) is 9.00. The van der Waals surface area contributed by atoms with Crippen LogP contribution in [0.2, 0.25) is 0 Å². The van der Waals surface area contributed by atoms with E-state index in [2.05, 4.69) is 0 Å². The van der Waals surface area contributed by atoms with Crippen LogP contribution < -0.4 is 5.73 Å². The molecule has 0 fully saturated rings. The normalized spacial score (nSPS) is 10.3. The van der Waals surface area contributed by atoms with Crippen LogP contribution in [-0.4, -0.2) is 5.11 Å². The van der Waals surface area contributed by atoms with Crippen molar-refractivity contribution >= 4 is 27.1 Å². The Bertz CT molecular complexity index is 525. The van der Waals surface area contributed by atoms with Crippen LogP contribution in [0.15, 0.2) is 17.5 Å². The van der Waals surface area contributed by atoms with Crippen molar-refractivity contribution in [3.05, 3.63) is 28.6 Å². The lowest BCUT2D eigenvalue weighted by Crippen LogP contribution is -1.87. The average Bonchev–Trinajstić information content (AvgIpc) is 2.61. The fourth-order valence-electron chi connectivity index (χ4n) is 1.40. The third kappa shape index (κ3) is 1.23. The lowest BCUT2D eigenvalue weighted by atomic mass is 10.1. The molecule has 70 valence electrons. The molecule has 1 heterocycles. The molecule has 2 rings (SSSR count). The van der Waals surface area contributed by atoms with Gasteiger partial charge in [0.2, 0.25) is 0 Å². The first-order chi connectivity index (χ1) is 6.76. The van der Waals surface area contributed by atoms with Crippen LogP contribution in [0.3, 0.4) is 0 Å². The second kappa shape index (κ2) is 3.29. The van der Waals surface area contributed by atoms with Gasteiger partial charge in [0.1, 0.15) is 0 Å². The Kier molecular flexibility index (Phi) is 2.12. The lowest BCUT2D eigenvalue weighted by Gasteiger charge is -1.98. The quantitative estimate of drug-likeness (QED) is 0.696. The van der Waals surface area contributed by atoms with Gasteiger partial charge in [-0.1, -0.05) is 0 Å². The molecular weight excluding hydrogens is 196 g/mol. The molecule has 3 N–H and O–H groups in total. The number of benzene rings is 1. The van der Waals surface area contributed by atoms with Gasteiger partial charge in [0.15, 0.2) is 0 Å². The predicted octanol–water partition coefficient (Wildman–Crippen LogP) is 1.85. The Balaban J connectivity index is 2.82. The number of hydrogen-bond acceptors (Lipinski definition) is 4. The number of hydrogen-bond donors (Lipinski definition) is 2. The van der Waals surface area contributed by atoms with Crippen LogP contribution in [0.5, 0.6) is 0 Å². The van der Waals surface area contributed by atoms with Gasteiger partial charge in [-0.15, -0.1) is 11.3 Å². The lowest BCUT2D eigenvalue weighted by molar-refractivity contribution is 0.284. The van der Waals surface area contributed by atoms with Gasteiger partial charge in [0.25, 0.3) is 0 Å². The van der Waals surface area contributed by atoms with E-state index in [0.29, 0.717) is 11.3 Å². The fraction of sp³-hybridized carbons (Fsp3) is 0.100. The zero-order chi connectivity index (χ0) is 10.1. The van der Waals surface area contributed by atoms with E-state index >= 15 is 0 Å². The summed E-state index contributed by atoms with van der Waals surface area (Å²) in [6.45, 7) is -0.0195. The number of nitrogens with zero attached hydrogens (tertiary/aromatic N) is 1. The van der Waals surface area contributed by atoms with Crippen LogP contribution >= 0.6 is 11.3 Å². The van der Waals surface area contributed by atoms with Crippen molar-refractivity contribution in [2.24, 2.45) is 0 Å². The zero-order valence-corrected chi connectivity index (χ0v) is 8.14. The molecule has 0 amide bonds. The summed E-state index contributed by atoms with van der Waals surface area (Å²) >= 11 is 1.49. The highest BCUT2D eigenvalue weighted by molar-refractivity contribution is 7.18. The minimum atomic E-state index is -0.0195. The van der Waals surface area contributed by atoms with E-state index in [1.165, 1.54) is 11.3 Å². The number of nitrogen functional groups attached to an aromatic ring is 1. The Morgan fingerprint density at radius 2 is 2.29 bits per heavy atom. The van der Waals surface area contributed by atoms with Crippen LogP contribution in [-0.2, 0) is 6.61 Å². The average molecular weight is 204 g/mol. The molecule has 1 aromatic carbocycles. The molecule has 0 radical (unpaired) electrons. The van der Waals surface area contributed by atoms with E-state index in [-0.39, 0.29) is 6.61 Å². The van der Waals surface area contributed by atoms with Gasteiger partial charge in [-0.05, 0) is 23.1 Å². The molecule has 0 aliphatic rings. The maximum Gasteiger partial charge on any atom is 0.0992 e. The summed E-state index contributed by atoms with van der Waals surface area (Å²) < 4.78 is 0.938. The summed E-state index contributed by atoms with van der Waals surface area (Å²) in [6, 6.07) is 5.45. The zero-order valence-electron chi connectivity index (χ0n) is 7.32. The number of rotatable bonds is 1. The summed E-state index contributed by atoms with van der Waals surface area (Å²) in [6.07, 6.45) is 0. The maximum atomic E-state index is 9.06. The molecule has 2 aromatic rings. The predicted molar refractivity (Wildman–Crippen MR) is 56.9 cm³/mol. The van der Waals surface area contributed by atoms with Crippen molar-refractivity contribution in [1.82, 2.24) is 0 Å². The van der Waals surface area contributed by atoms with Crippen LogP contribution in [0.1, 0.15) is 11.1 Å². The number of aliphatic hydroxyl groups is 1. The van der Waals surface area contributed by atoms with Crippen LogP contribution in [0.4, 0.5) is 5.69 Å². The molecule has 0 atom stereocenters. The van der Waals surface area contributed by atoms with Crippen LogP contribution in [0, 0.1) is 11.3 Å². The summed E-state index contributed by atoms with van der Waals surface area (Å²) in [5, 5.41) is 20.6. The highest BCUT2D eigenvalue weighted by Crippen LogP contribution is 2.31. The van der Waals surface area contributed by atoms with Crippen molar-refractivity contribution < 1.29 is 5.11 Å². The summed E-state index contributed by atoms with van der Waals surface area (Å²) in [5.74, 6) is 0. The number of thiophene rings is 1. The number of fused-ring (bicyclic) bond motifs is 1. The first-order valence-electron chi connectivity index (χ1n) is 4.07. The van der Waals surface area contributed by atoms with Gasteiger partial charge in [-0.3, -0.25) is 0 Å². The minimum absolute atomic E-state index is 0.0195. The second-order valence-corrected chi connectivity index (χ2v) is 3.85. The highest BCUT2D eigenvalue weighted by Gasteiger charge is 2.07. The van der Waals surface area contributed by atoms with Gasteiger partial charge in [0.05, 0.1) is 28.6 Å². The van der Waals surface area contributed by atoms with Crippen molar-refractivity contribution in [2.45, 2.75) is 6.61 Å². The van der Waals surface area contributed by atoms with Crippen molar-refractivity contribution in [1.29, 1.82) is 5.26 Å². The maximum absolute atomic E-state index is 9.06. The third-order valence-electron chi connectivity index (χ3n) is 2.08. The van der Waals surface area contributed by atoms with Gasteiger partial charge in [-0.2, -0.15) is 5.26 Å². The topological polar surface area (TPSA) is 70.0 Å². The minimum Gasteiger partial charge on any atom is -0.398 e. The molecule has 3 nitrogen and oxygen atoms in total. The number of nitriles is 1. The number of aliphatic hydroxyl groups excluding tert-OH is 1. The van der Waals surface area contributed by atoms with E-state index in [1.54, 1.807) is 12.1 Å². The standard InChI is InChI=1S/C10H8N2OS/c11-3-6-1-8-7(4-13)5-14-10(8)9(12)2-6/h1-2,5,13H,4,12H2. The van der Waals surface area contributed by atoms with E-state index in [1.807, 2.05) is 11.4 Å². The second-order valence-electron chi connectivity index (χ2n) is 2.97. The van der Waals surface area contributed by atoms with Gasteiger partial charge < -0.3 is 10.8 Å². The SMILES string of the molecule is N#Cc1cc(N)c2scc(CO)c2c1. The van der Waals surface area contributed by atoms with E-state index < -0.39 is 0 Å². The van der Waals surface area contributed by atoms with Crippen molar-refractivity contribution in [3.8, 4) is 6.07 Å². The van der Waals surface area contributed by atoms with E-state index in [4.69, 9.17) is 16.1 Å². The van der Waals surface area contributed by atoms with E-state index in [0.717, 1.165) is 15.6 Å². The molecule has 14 heavy (non-hydrogen) atoms. The van der Waals surface area contributed by atoms with Gasteiger partial charge in [0, 0.05) is 5.39 Å². The number of nitrogens with two attached hydrogens (primary N) is 1. The third-order valence-corrected chi connectivity index (χ3v) is 3.18. The molecule has 0 aliphatic carbocycles. The molecule has 4 heteroatoms. The Labute approximate surface area is 85.0 Å². The molecule has 0 saturated carbocycles. The molecule has 0 saturated heterocycles. The largest absolute Gasteiger partial charge is 0.398 e. The van der Waals surface area contributed by atoms with Crippen LogP contribution in [0.25, 0.3) is 10.1 Å². The Morgan fingerprint density at radius 1 is 1.50 bits per heavy atom. The molecular formula is C10H8N2OS. The molecule has 1 aromatic heterocycles. The molecule has 0 bridgehead atoms. The molecule has 0 spiro atoms. The summed E-state index contributed by atoms with van der Waals surface area (Å²) in [7, 11) is 0. The van der Waals surface area contributed by atoms with Gasteiger partial charge >= 0.3 is 0 Å². The molecule has 0 unspecified atom stereocenters. The first-order valence-corrected chi connectivity index (χ1v) is 4.94. The monoisotopic (exact) mass is 204 g/mol. The van der Waals surface area contributed by atoms with Gasteiger partial charge in [-0.25, -0.2) is 0 Å². The van der Waals surface area contributed by atoms with Crippen molar-refractivity contribution in [3.63, 3.8) is 0 Å². The highest BCUT2D eigenvalue weighted by atomic mass is 32.1. The Morgan fingerprint density at radius 3 is 2.93 bits per heavy atom. The summed E-state index contributed by atoms with van der Waals surface area (Å²) in [5.41, 5.74) is 7.74. The summed E-state index contributed by atoms with van der Waals surface area (Å²) in [4.78, 5) is 0. The van der Waals surface area contributed by atoms with Crippen molar-refractivity contribution in [2.75, 3.05) is 5.73 Å². The fourth-order valence-corrected chi connectivity index (χ4v) is 2.38. The smallest absolute Gasteiger partial charge is 0.0992 e. The number of anilines is 1. The Hall–Kier alpha value is -1.57. The van der Waals surface area contributed by atoms with E-state index in [9.17, 15) is 0 Å². The molecule has 0 aliphatic heterocycles.